The zero-order valence-electron chi connectivity index (χ0n) is 27.7. The summed E-state index contributed by atoms with van der Waals surface area (Å²) in [5, 5.41) is 29.1. The van der Waals surface area contributed by atoms with Gasteiger partial charge in [0.05, 0.1) is 46.8 Å². The van der Waals surface area contributed by atoms with Gasteiger partial charge in [0.15, 0.2) is 0 Å². The number of nitrogens with zero attached hydrogens (tertiary/aromatic N) is 6. The van der Waals surface area contributed by atoms with E-state index in [4.69, 9.17) is 38.0 Å². The van der Waals surface area contributed by atoms with E-state index in [1.807, 2.05) is 41.3 Å². The fourth-order valence-corrected chi connectivity index (χ4v) is 7.57. The predicted molar refractivity (Wildman–Crippen MR) is 190 cm³/mol. The highest BCUT2D eigenvalue weighted by Crippen LogP contribution is 2.42. The number of hydrogen-bond acceptors (Lipinski definition) is 9. The topological polar surface area (TPSA) is 130 Å². The molecule has 0 radical (unpaired) electrons. The Morgan fingerprint density at radius 3 is 2.51 bits per heavy atom. The zero-order valence-corrected chi connectivity index (χ0v) is 29.2. The van der Waals surface area contributed by atoms with Gasteiger partial charge in [0.1, 0.15) is 11.3 Å². The molecule has 2 aliphatic rings. The number of benzene rings is 1. The zero-order chi connectivity index (χ0) is 34.4. The normalized spacial score (nSPS) is 19.2. The lowest BCUT2D eigenvalue weighted by Crippen LogP contribution is -2.59. The van der Waals surface area contributed by atoms with Crippen molar-refractivity contribution in [1.82, 2.24) is 34.4 Å². The van der Waals surface area contributed by atoms with Crippen molar-refractivity contribution in [3.8, 4) is 39.5 Å². The first-order valence-electron chi connectivity index (χ1n) is 16.4. The number of β-amino-alcohol motifs (C(OH)–C–C–N with tert-alkyl or cyclic N) is 1. The third kappa shape index (κ3) is 6.71. The van der Waals surface area contributed by atoms with Crippen LogP contribution < -0.4 is 15.6 Å². The van der Waals surface area contributed by atoms with Gasteiger partial charge in [-0.2, -0.15) is 5.10 Å². The molecule has 0 spiro atoms. The minimum Gasteiger partial charge on any atom is -0.481 e. The quantitative estimate of drug-likeness (QED) is 0.192. The van der Waals surface area contributed by atoms with Gasteiger partial charge in [-0.05, 0) is 50.8 Å². The molecule has 2 fully saturated rings. The maximum Gasteiger partial charge on any atom is 0.277 e. The first kappa shape index (κ1) is 33.6. The molecule has 1 saturated carbocycles. The number of fused-ring (bicyclic) bond motifs is 1. The van der Waals surface area contributed by atoms with Gasteiger partial charge < -0.3 is 20.3 Å². The van der Waals surface area contributed by atoms with Gasteiger partial charge >= 0.3 is 0 Å². The van der Waals surface area contributed by atoms with Crippen molar-refractivity contribution in [3.05, 3.63) is 86.6 Å². The van der Waals surface area contributed by atoms with E-state index in [-0.39, 0.29) is 11.7 Å². The highest BCUT2D eigenvalue weighted by molar-refractivity contribution is 6.39. The van der Waals surface area contributed by atoms with E-state index >= 15 is 0 Å². The average molecular weight is 705 g/mol. The molecule has 0 atom stereocenters. The Bertz CT molecular complexity index is 2080. The van der Waals surface area contributed by atoms with Gasteiger partial charge in [-0.3, -0.25) is 19.2 Å². The van der Waals surface area contributed by atoms with Crippen LogP contribution >= 0.6 is 23.2 Å². The molecule has 0 amide bonds. The maximum atomic E-state index is 13.3. The van der Waals surface area contributed by atoms with Crippen molar-refractivity contribution in [3.63, 3.8) is 0 Å². The first-order valence-corrected chi connectivity index (χ1v) is 17.2. The van der Waals surface area contributed by atoms with Gasteiger partial charge in [-0.15, -0.1) is 0 Å². The number of halogens is 2. The molecule has 1 aliphatic carbocycles. The maximum absolute atomic E-state index is 13.3. The highest BCUT2D eigenvalue weighted by atomic mass is 35.5. The summed E-state index contributed by atoms with van der Waals surface area (Å²) < 4.78 is 8.79. The van der Waals surface area contributed by atoms with E-state index in [0.29, 0.717) is 87.6 Å². The number of aromatic nitrogens is 5. The highest BCUT2D eigenvalue weighted by Gasteiger charge is 2.37. The smallest absolute Gasteiger partial charge is 0.277 e. The van der Waals surface area contributed by atoms with Crippen molar-refractivity contribution in [2.24, 2.45) is 7.05 Å². The molecular formula is C36H39Cl2N7O4. The Balaban J connectivity index is 1.17. The van der Waals surface area contributed by atoms with Crippen LogP contribution in [0.2, 0.25) is 10.0 Å². The van der Waals surface area contributed by atoms with Crippen molar-refractivity contribution < 1.29 is 14.9 Å². The summed E-state index contributed by atoms with van der Waals surface area (Å²) in [6, 6.07) is 13.6. The molecule has 3 N–H and O–H groups in total. The third-order valence-corrected chi connectivity index (χ3v) is 10.4. The molecular weight excluding hydrogens is 665 g/mol. The molecule has 0 unspecified atom stereocenters. The Hall–Kier alpha value is -3.84. The number of likely N-dealkylation sites (tertiary alicyclic amines) is 1. The summed E-state index contributed by atoms with van der Waals surface area (Å²) in [4.78, 5) is 24.8. The van der Waals surface area contributed by atoms with Gasteiger partial charge in [0.2, 0.25) is 5.88 Å². The molecule has 4 aromatic heterocycles. The van der Waals surface area contributed by atoms with Crippen LogP contribution in [0.25, 0.3) is 39.2 Å². The fraction of sp³-hybridized carbons (Fsp3) is 0.389. The van der Waals surface area contributed by atoms with E-state index in [1.54, 1.807) is 44.1 Å². The van der Waals surface area contributed by atoms with Crippen LogP contribution in [-0.4, -0.2) is 77.2 Å². The van der Waals surface area contributed by atoms with Gasteiger partial charge in [-0.25, -0.2) is 9.50 Å². The van der Waals surface area contributed by atoms with Crippen LogP contribution in [0.15, 0.2) is 59.7 Å². The molecule has 5 aromatic rings. The molecule has 7 rings (SSSR count). The van der Waals surface area contributed by atoms with E-state index < -0.39 is 5.60 Å². The number of pyridine rings is 2. The first-order chi connectivity index (χ1) is 23.5. The van der Waals surface area contributed by atoms with Crippen LogP contribution in [0.4, 0.5) is 0 Å². The lowest BCUT2D eigenvalue weighted by atomic mass is 9.93. The molecule has 0 bridgehead atoms. The standard InChI is InChI=1S/C36H39Cl2N7O4/c1-36(48)19-44(20-36)18-30-42-45-17-22(15-29(45)35(47)43(30)2)33-32(38)26(13-14-39-33)25-5-4-6-27(31(25)37)28-12-7-21(34(41-28)49-3)16-40-23-8-10-24(46)11-9-23/h4-7,12-15,17,23-24,40,46,48H,8-11,16,18-20H2,1-3H3/t23-,24+. The summed E-state index contributed by atoms with van der Waals surface area (Å²) in [5.41, 5.74) is 4.37. The number of ether oxygens (including phenoxy) is 1. The minimum atomic E-state index is -0.716. The van der Waals surface area contributed by atoms with Crippen molar-refractivity contribution in [1.29, 1.82) is 0 Å². The molecule has 1 aromatic carbocycles. The second-order valence-corrected chi connectivity index (χ2v) is 14.2. The third-order valence-electron chi connectivity index (χ3n) is 9.57. The fourth-order valence-electron chi connectivity index (χ4n) is 6.93. The van der Waals surface area contributed by atoms with Gasteiger partial charge in [0.25, 0.3) is 5.56 Å². The summed E-state index contributed by atoms with van der Waals surface area (Å²) in [6.45, 7) is 3.89. The predicted octanol–water partition coefficient (Wildman–Crippen LogP) is 5.10. The Morgan fingerprint density at radius 1 is 1.04 bits per heavy atom. The largest absolute Gasteiger partial charge is 0.481 e. The second kappa shape index (κ2) is 13.5. The molecule has 13 heteroatoms. The van der Waals surface area contributed by atoms with Crippen LogP contribution in [0, 0.1) is 0 Å². The van der Waals surface area contributed by atoms with E-state index in [2.05, 4.69) is 10.3 Å². The molecule has 256 valence electrons. The number of rotatable bonds is 9. The summed E-state index contributed by atoms with van der Waals surface area (Å²) >= 11 is 14.1. The van der Waals surface area contributed by atoms with Crippen molar-refractivity contribution in [2.45, 2.75) is 63.4 Å². The van der Waals surface area contributed by atoms with Gasteiger partial charge in [-0.1, -0.05) is 47.5 Å². The number of nitrogens with one attached hydrogen (secondary N) is 1. The summed E-state index contributed by atoms with van der Waals surface area (Å²) in [5.74, 6) is 1.11. The van der Waals surface area contributed by atoms with Crippen molar-refractivity contribution >= 4 is 28.7 Å². The molecule has 11 nitrogen and oxygen atoms in total. The van der Waals surface area contributed by atoms with Crippen LogP contribution in [0.5, 0.6) is 5.88 Å². The number of aliphatic hydroxyl groups excluding tert-OH is 1. The second-order valence-electron chi connectivity index (χ2n) is 13.4. The Labute approximate surface area is 294 Å². The van der Waals surface area contributed by atoms with Gasteiger partial charge in [0, 0.05) is 72.9 Å². The number of hydrogen-bond donors (Lipinski definition) is 3. The van der Waals surface area contributed by atoms with E-state index in [1.165, 1.54) is 4.57 Å². The average Bonchev–Trinajstić information content (AvgIpc) is 3.50. The number of methoxy groups -OCH3 is 1. The Morgan fingerprint density at radius 2 is 1.78 bits per heavy atom. The SMILES string of the molecule is COc1nc(-c2cccc(-c3ccnc(-c4cc5c(=O)n(C)c(CN6CC(C)(O)C6)nn5c4)c3Cl)c2Cl)ccc1CN[C@H]1CC[C@@H](O)CC1. The van der Waals surface area contributed by atoms with Crippen LogP contribution in [0.1, 0.15) is 44.0 Å². The lowest BCUT2D eigenvalue weighted by Gasteiger charge is -2.44. The molecule has 1 saturated heterocycles. The molecule has 1 aliphatic heterocycles. The lowest BCUT2D eigenvalue weighted by molar-refractivity contribution is -0.0885. The Kier molecular flexibility index (Phi) is 9.25. The summed E-state index contributed by atoms with van der Waals surface area (Å²) in [6.07, 6.45) is 6.75. The molecule has 49 heavy (non-hydrogen) atoms. The monoisotopic (exact) mass is 703 g/mol. The minimum absolute atomic E-state index is 0.190. The van der Waals surface area contributed by atoms with Crippen molar-refractivity contribution in [2.75, 3.05) is 20.2 Å². The van der Waals surface area contributed by atoms with E-state index in [0.717, 1.165) is 36.8 Å². The van der Waals surface area contributed by atoms with Crippen LogP contribution in [-0.2, 0) is 20.1 Å². The summed E-state index contributed by atoms with van der Waals surface area (Å²) in [7, 11) is 3.31. The molecule has 5 heterocycles. The van der Waals surface area contributed by atoms with E-state index in [9.17, 15) is 15.0 Å². The number of aliphatic hydroxyl groups is 2. The van der Waals surface area contributed by atoms with Crippen LogP contribution in [0.3, 0.4) is 0 Å².